The highest BCUT2D eigenvalue weighted by Gasteiger charge is 2.33. The molecular formula is C12H21F3N4. The Bertz CT molecular complexity index is 376. The van der Waals surface area contributed by atoms with Gasteiger partial charge in [-0.1, -0.05) is 13.8 Å². The van der Waals surface area contributed by atoms with Crippen molar-refractivity contribution in [2.75, 3.05) is 25.9 Å². The predicted octanol–water partition coefficient (Wildman–Crippen LogP) is 2.10. The van der Waals surface area contributed by atoms with Gasteiger partial charge in [-0.05, 0) is 26.2 Å². The minimum atomic E-state index is -4.45. The highest BCUT2D eigenvalue weighted by molar-refractivity contribution is 5.41. The van der Waals surface area contributed by atoms with Crippen molar-refractivity contribution in [3.05, 3.63) is 23.5 Å². The van der Waals surface area contributed by atoms with E-state index >= 15 is 0 Å². The van der Waals surface area contributed by atoms with Gasteiger partial charge in [-0.2, -0.15) is 13.2 Å². The summed E-state index contributed by atoms with van der Waals surface area (Å²) in [5.74, 6) is 0. The number of rotatable bonds is 3. The Morgan fingerprint density at radius 1 is 1.26 bits per heavy atom. The third-order valence-electron chi connectivity index (χ3n) is 2.57. The molecule has 0 saturated carbocycles. The number of nitrogen functional groups attached to an aromatic ring is 1. The molecule has 0 fully saturated rings. The zero-order valence-corrected chi connectivity index (χ0v) is 11.5. The first-order valence-electron chi connectivity index (χ1n) is 5.96. The second-order valence-corrected chi connectivity index (χ2v) is 3.95. The topological polar surface area (TPSA) is 68.2 Å². The van der Waals surface area contributed by atoms with Gasteiger partial charge in [0.1, 0.15) is 0 Å². The molecule has 0 aliphatic rings. The van der Waals surface area contributed by atoms with Crippen LogP contribution in [0.5, 0.6) is 0 Å². The maximum Gasteiger partial charge on any atom is 0.418 e. The molecule has 1 heterocycles. The lowest BCUT2D eigenvalue weighted by atomic mass is 10.1. The van der Waals surface area contributed by atoms with Gasteiger partial charge in [0.25, 0.3) is 0 Å². The number of aromatic nitrogens is 1. The van der Waals surface area contributed by atoms with E-state index in [0.717, 1.165) is 25.4 Å². The Kier molecular flexibility index (Phi) is 7.40. The lowest BCUT2D eigenvalue weighted by Gasteiger charge is -2.10. The van der Waals surface area contributed by atoms with Crippen molar-refractivity contribution < 1.29 is 13.2 Å². The summed E-state index contributed by atoms with van der Waals surface area (Å²) in [5, 5.41) is 0. The van der Waals surface area contributed by atoms with Gasteiger partial charge in [-0.3, -0.25) is 4.98 Å². The fourth-order valence-electron chi connectivity index (χ4n) is 1.14. The van der Waals surface area contributed by atoms with Crippen molar-refractivity contribution >= 4 is 5.69 Å². The summed E-state index contributed by atoms with van der Waals surface area (Å²) in [6.07, 6.45) is -3.30. The van der Waals surface area contributed by atoms with Crippen LogP contribution >= 0.6 is 0 Å². The van der Waals surface area contributed by atoms with Crippen molar-refractivity contribution in [1.82, 2.24) is 9.88 Å². The Morgan fingerprint density at radius 2 is 1.79 bits per heavy atom. The number of hydrogen-bond donors (Lipinski definition) is 2. The molecule has 7 heteroatoms. The maximum atomic E-state index is 12.3. The zero-order valence-electron chi connectivity index (χ0n) is 11.5. The number of nitrogens with two attached hydrogens (primary N) is 2. The molecule has 1 rings (SSSR count). The van der Waals surface area contributed by atoms with E-state index in [1.54, 1.807) is 0 Å². The van der Waals surface area contributed by atoms with Gasteiger partial charge in [-0.15, -0.1) is 0 Å². The number of nitrogens with zero attached hydrogens (tertiary/aromatic N) is 2. The zero-order chi connectivity index (χ0) is 15.1. The van der Waals surface area contributed by atoms with E-state index in [1.807, 2.05) is 0 Å². The fraction of sp³-hybridized carbons (Fsp3) is 0.583. The standard InChI is InChI=1S/C7H8F3N3.C5H13N/c8-7(9,10)5-1-4(12)3-13-6(5)2-11;1-4-6(3)5-2/h1,3H,2,11-12H2;4-5H2,1-3H3. The van der Waals surface area contributed by atoms with E-state index < -0.39 is 11.7 Å². The second-order valence-electron chi connectivity index (χ2n) is 3.95. The molecule has 0 aliphatic heterocycles. The third-order valence-corrected chi connectivity index (χ3v) is 2.57. The van der Waals surface area contributed by atoms with Crippen LogP contribution in [-0.2, 0) is 12.7 Å². The monoisotopic (exact) mass is 278 g/mol. The molecular weight excluding hydrogens is 257 g/mol. The number of alkyl halides is 3. The molecule has 0 unspecified atom stereocenters. The van der Waals surface area contributed by atoms with Crippen molar-refractivity contribution in [2.45, 2.75) is 26.6 Å². The van der Waals surface area contributed by atoms with Gasteiger partial charge in [0.15, 0.2) is 0 Å². The van der Waals surface area contributed by atoms with Crippen LogP contribution in [0.2, 0.25) is 0 Å². The van der Waals surface area contributed by atoms with Crippen LogP contribution in [0.15, 0.2) is 12.3 Å². The molecule has 0 bridgehead atoms. The first kappa shape index (κ1) is 17.7. The molecule has 1 aromatic rings. The molecule has 4 nitrogen and oxygen atoms in total. The van der Waals surface area contributed by atoms with Gasteiger partial charge in [-0.25, -0.2) is 0 Å². The van der Waals surface area contributed by atoms with Gasteiger partial charge in [0.2, 0.25) is 0 Å². The SMILES string of the molecule is CCN(C)CC.NCc1ncc(N)cc1C(F)(F)F. The molecule has 0 aromatic carbocycles. The normalized spacial score (nSPS) is 11.2. The van der Waals surface area contributed by atoms with E-state index in [-0.39, 0.29) is 17.9 Å². The summed E-state index contributed by atoms with van der Waals surface area (Å²) >= 11 is 0. The average molecular weight is 278 g/mol. The predicted molar refractivity (Wildman–Crippen MR) is 70.4 cm³/mol. The van der Waals surface area contributed by atoms with Crippen LogP contribution in [0.3, 0.4) is 0 Å². The van der Waals surface area contributed by atoms with Gasteiger partial charge in [0.05, 0.1) is 23.1 Å². The summed E-state index contributed by atoms with van der Waals surface area (Å²) in [4.78, 5) is 5.74. The van der Waals surface area contributed by atoms with Crippen LogP contribution in [0, 0.1) is 0 Å². The average Bonchev–Trinajstić information content (AvgIpc) is 2.37. The number of anilines is 1. The van der Waals surface area contributed by atoms with Crippen LogP contribution in [0.25, 0.3) is 0 Å². The summed E-state index contributed by atoms with van der Waals surface area (Å²) in [6, 6.07) is 0.829. The molecule has 0 atom stereocenters. The lowest BCUT2D eigenvalue weighted by molar-refractivity contribution is -0.138. The van der Waals surface area contributed by atoms with Crippen LogP contribution < -0.4 is 11.5 Å². The first-order valence-corrected chi connectivity index (χ1v) is 5.96. The highest BCUT2D eigenvalue weighted by Crippen LogP contribution is 2.31. The molecule has 1 aromatic heterocycles. The molecule has 110 valence electrons. The Morgan fingerprint density at radius 3 is 2.11 bits per heavy atom. The Hall–Kier alpha value is -1.34. The minimum Gasteiger partial charge on any atom is -0.397 e. The van der Waals surface area contributed by atoms with Gasteiger partial charge < -0.3 is 16.4 Å². The van der Waals surface area contributed by atoms with Crippen LogP contribution in [-0.4, -0.2) is 30.0 Å². The summed E-state index contributed by atoms with van der Waals surface area (Å²) < 4.78 is 36.8. The number of pyridine rings is 1. The highest BCUT2D eigenvalue weighted by atomic mass is 19.4. The van der Waals surface area contributed by atoms with E-state index in [0.29, 0.717) is 0 Å². The maximum absolute atomic E-state index is 12.3. The first-order chi connectivity index (χ1) is 8.76. The van der Waals surface area contributed by atoms with E-state index in [2.05, 4.69) is 30.8 Å². The lowest BCUT2D eigenvalue weighted by Crippen LogP contribution is -2.15. The van der Waals surface area contributed by atoms with Gasteiger partial charge in [0, 0.05) is 6.54 Å². The summed E-state index contributed by atoms with van der Waals surface area (Å²) in [5.41, 5.74) is 9.19. The molecule has 0 radical (unpaired) electrons. The largest absolute Gasteiger partial charge is 0.418 e. The number of hydrogen-bond acceptors (Lipinski definition) is 4. The smallest absolute Gasteiger partial charge is 0.397 e. The molecule has 0 saturated heterocycles. The molecule has 0 amide bonds. The van der Waals surface area contributed by atoms with Crippen molar-refractivity contribution in [2.24, 2.45) is 5.73 Å². The second kappa shape index (κ2) is 7.96. The van der Waals surface area contributed by atoms with Crippen molar-refractivity contribution in [3.8, 4) is 0 Å². The van der Waals surface area contributed by atoms with Crippen LogP contribution in [0.1, 0.15) is 25.1 Å². The van der Waals surface area contributed by atoms with E-state index in [1.165, 1.54) is 0 Å². The van der Waals surface area contributed by atoms with Crippen molar-refractivity contribution in [3.63, 3.8) is 0 Å². The quantitative estimate of drug-likeness (QED) is 0.888. The van der Waals surface area contributed by atoms with E-state index in [4.69, 9.17) is 11.5 Å². The van der Waals surface area contributed by atoms with Crippen molar-refractivity contribution in [1.29, 1.82) is 0 Å². The van der Waals surface area contributed by atoms with Crippen LogP contribution in [0.4, 0.5) is 18.9 Å². The Balaban J connectivity index is 0.000000459. The van der Waals surface area contributed by atoms with E-state index in [9.17, 15) is 13.2 Å². The summed E-state index contributed by atoms with van der Waals surface area (Å²) in [6.45, 7) is 6.38. The summed E-state index contributed by atoms with van der Waals surface area (Å²) in [7, 11) is 2.11. The fourth-order valence-corrected chi connectivity index (χ4v) is 1.14. The van der Waals surface area contributed by atoms with Gasteiger partial charge >= 0.3 is 6.18 Å². The molecule has 0 spiro atoms. The molecule has 0 aliphatic carbocycles. The Labute approximate surface area is 111 Å². The minimum absolute atomic E-state index is 0.0236. The third kappa shape index (κ3) is 6.40. The molecule has 4 N–H and O–H groups in total. The number of halogens is 3. The molecule has 19 heavy (non-hydrogen) atoms.